The van der Waals surface area contributed by atoms with E-state index in [2.05, 4.69) is 73.7 Å². The number of esters is 1. The summed E-state index contributed by atoms with van der Waals surface area (Å²) in [6.07, 6.45) is 7.01. The molecule has 0 aliphatic heterocycles. The lowest BCUT2D eigenvalue weighted by atomic mass is 10.1. The van der Waals surface area contributed by atoms with Gasteiger partial charge in [0.05, 0.1) is 13.2 Å². The zero-order valence-corrected chi connectivity index (χ0v) is 21.5. The largest absolute Gasteiger partial charge is 0.469 e. The normalized spacial score (nSPS) is 15.8. The maximum absolute atomic E-state index is 11.5. The first-order valence-corrected chi connectivity index (χ1v) is 15.7. The lowest BCUT2D eigenvalue weighted by Crippen LogP contribution is -2.51. The molecule has 0 aromatic carbocycles. The Bertz CT molecular complexity index is 522. The van der Waals surface area contributed by atoms with E-state index in [0.717, 1.165) is 0 Å². The van der Waals surface area contributed by atoms with Gasteiger partial charge in [-0.15, -0.1) is 6.42 Å². The molecule has 0 spiro atoms. The van der Waals surface area contributed by atoms with Gasteiger partial charge in [0.1, 0.15) is 6.10 Å². The Hall–Kier alpha value is -0.616. The van der Waals surface area contributed by atoms with Crippen LogP contribution in [0.4, 0.5) is 0 Å². The first-order valence-electron chi connectivity index (χ1n) is 9.87. The van der Waals surface area contributed by atoms with Gasteiger partial charge in [0.2, 0.25) is 0 Å². The van der Waals surface area contributed by atoms with Crippen molar-refractivity contribution in [1.82, 2.24) is 0 Å². The number of carbonyl (C=O) groups excluding carboxylic acids is 1. The summed E-state index contributed by atoms with van der Waals surface area (Å²) >= 11 is 0. The summed E-state index contributed by atoms with van der Waals surface area (Å²) in [7, 11) is -2.66. The fraction of sp³-hybridized carbons (Fsp3) is 0.857. The Morgan fingerprint density at radius 1 is 0.963 bits per heavy atom. The molecule has 0 unspecified atom stereocenters. The topological polar surface area (TPSA) is 44.8 Å². The molecule has 0 rings (SSSR count). The highest BCUT2D eigenvalue weighted by Gasteiger charge is 2.44. The van der Waals surface area contributed by atoms with Crippen LogP contribution in [0.25, 0.3) is 0 Å². The summed E-state index contributed by atoms with van der Waals surface area (Å²) in [6.45, 7) is 22.1. The maximum Gasteiger partial charge on any atom is 0.305 e. The second kappa shape index (κ2) is 9.73. The van der Waals surface area contributed by atoms with Crippen LogP contribution in [-0.4, -0.2) is 41.9 Å². The summed E-state index contributed by atoms with van der Waals surface area (Å²) in [5.41, 5.74) is 0. The Morgan fingerprint density at radius 3 is 1.78 bits per heavy atom. The molecule has 0 saturated carbocycles. The molecule has 0 amide bonds. The van der Waals surface area contributed by atoms with E-state index in [9.17, 15) is 4.79 Å². The van der Waals surface area contributed by atoms with Gasteiger partial charge in [-0.3, -0.25) is 4.79 Å². The average Bonchev–Trinajstić information content (AvgIpc) is 2.49. The molecule has 27 heavy (non-hydrogen) atoms. The number of hydrogen-bond donors (Lipinski definition) is 0. The van der Waals surface area contributed by atoms with Crippen LogP contribution in [0.3, 0.4) is 0 Å². The maximum atomic E-state index is 11.5. The molecular formula is C21H42O4Si2. The van der Waals surface area contributed by atoms with Crippen molar-refractivity contribution in [2.45, 2.75) is 109 Å². The van der Waals surface area contributed by atoms with E-state index in [4.69, 9.17) is 20.0 Å². The van der Waals surface area contributed by atoms with Crippen molar-refractivity contribution in [1.29, 1.82) is 0 Å². The van der Waals surface area contributed by atoms with Crippen molar-refractivity contribution in [3.63, 3.8) is 0 Å². The molecule has 0 bridgehead atoms. The van der Waals surface area contributed by atoms with Crippen LogP contribution in [0, 0.1) is 12.3 Å². The average molecular weight is 415 g/mol. The molecule has 4 nitrogen and oxygen atoms in total. The predicted octanol–water partition coefficient (Wildman–Crippen LogP) is 5.74. The minimum Gasteiger partial charge on any atom is -0.469 e. The van der Waals surface area contributed by atoms with Crippen molar-refractivity contribution < 1.29 is 18.4 Å². The molecule has 0 aliphatic carbocycles. The minimum absolute atomic E-state index is 0.0651. The van der Waals surface area contributed by atoms with Gasteiger partial charge in [-0.1, -0.05) is 47.5 Å². The SMILES string of the molecule is C#C[C@@H](O[Si](C)(C)C(C)(C)C)[C@H](CCCC(=O)OC)O[Si](C)(C)C(C)(C)C. The lowest BCUT2D eigenvalue weighted by Gasteiger charge is -2.44. The summed E-state index contributed by atoms with van der Waals surface area (Å²) < 4.78 is 18.0. The van der Waals surface area contributed by atoms with Crippen molar-refractivity contribution in [2.24, 2.45) is 0 Å². The zero-order chi connectivity index (χ0) is 21.7. The number of ether oxygens (including phenoxy) is 1. The summed E-state index contributed by atoms with van der Waals surface area (Å²) in [6, 6.07) is 0. The molecule has 0 aromatic rings. The molecule has 2 atom stereocenters. The van der Waals surface area contributed by atoms with E-state index in [0.29, 0.717) is 19.3 Å². The van der Waals surface area contributed by atoms with Gasteiger partial charge in [0, 0.05) is 6.42 Å². The van der Waals surface area contributed by atoms with Gasteiger partial charge >= 0.3 is 5.97 Å². The lowest BCUT2D eigenvalue weighted by molar-refractivity contribution is -0.140. The van der Waals surface area contributed by atoms with Crippen molar-refractivity contribution in [3.8, 4) is 12.3 Å². The Kier molecular flexibility index (Phi) is 9.51. The molecule has 6 heteroatoms. The Morgan fingerprint density at radius 2 is 1.41 bits per heavy atom. The van der Waals surface area contributed by atoms with E-state index in [-0.39, 0.29) is 22.1 Å². The number of rotatable bonds is 9. The summed E-state index contributed by atoms with van der Waals surface area (Å²) in [5, 5.41) is 0.138. The molecule has 158 valence electrons. The summed E-state index contributed by atoms with van der Waals surface area (Å²) in [4.78, 5) is 11.5. The number of methoxy groups -OCH3 is 1. The highest BCUT2D eigenvalue weighted by atomic mass is 28.4. The fourth-order valence-electron chi connectivity index (χ4n) is 2.09. The fourth-order valence-corrected chi connectivity index (χ4v) is 4.65. The number of hydrogen-bond acceptors (Lipinski definition) is 4. The van der Waals surface area contributed by atoms with Crippen LogP contribution in [0.5, 0.6) is 0 Å². The van der Waals surface area contributed by atoms with Gasteiger partial charge in [0.25, 0.3) is 0 Å². The molecule has 0 radical (unpaired) electrons. The highest BCUT2D eigenvalue weighted by molar-refractivity contribution is 6.74. The third-order valence-corrected chi connectivity index (χ3v) is 15.0. The molecule has 0 heterocycles. The number of terminal acetylenes is 1. The zero-order valence-electron chi connectivity index (χ0n) is 19.5. The van der Waals surface area contributed by atoms with E-state index < -0.39 is 22.7 Å². The standard InChI is InChI=1S/C21H42O4Si2/c1-13-17(24-26(9,10)20(2,3)4)18(15-14-16-19(22)23-8)25-27(11,12)21(5,6)7/h1,17-18H,14-16H2,2-12H3/t17-,18+/m1/s1. The van der Waals surface area contributed by atoms with Crippen molar-refractivity contribution in [3.05, 3.63) is 0 Å². The Labute approximate surface area is 170 Å². The number of carbonyl (C=O) groups is 1. The predicted molar refractivity (Wildman–Crippen MR) is 119 cm³/mol. The molecule has 0 saturated heterocycles. The monoisotopic (exact) mass is 414 g/mol. The van der Waals surface area contributed by atoms with Gasteiger partial charge in [-0.05, 0) is 49.1 Å². The van der Waals surface area contributed by atoms with E-state index >= 15 is 0 Å². The van der Waals surface area contributed by atoms with Crippen LogP contribution < -0.4 is 0 Å². The van der Waals surface area contributed by atoms with E-state index in [1.165, 1.54) is 7.11 Å². The summed E-state index contributed by atoms with van der Waals surface area (Å²) in [5.74, 6) is 2.65. The molecule has 0 aliphatic rings. The third-order valence-electron chi connectivity index (χ3n) is 6.08. The molecule has 0 N–H and O–H groups in total. The first-order chi connectivity index (χ1) is 12.0. The smallest absolute Gasteiger partial charge is 0.305 e. The minimum atomic E-state index is -2.04. The highest BCUT2D eigenvalue weighted by Crippen LogP contribution is 2.40. The van der Waals surface area contributed by atoms with Gasteiger partial charge in [0.15, 0.2) is 16.6 Å². The van der Waals surface area contributed by atoms with Crippen LogP contribution in [0.15, 0.2) is 0 Å². The third kappa shape index (κ3) is 8.10. The second-order valence-corrected chi connectivity index (χ2v) is 19.9. The van der Waals surface area contributed by atoms with Gasteiger partial charge in [-0.2, -0.15) is 0 Å². The quantitative estimate of drug-likeness (QED) is 0.274. The van der Waals surface area contributed by atoms with Crippen LogP contribution >= 0.6 is 0 Å². The van der Waals surface area contributed by atoms with Crippen LogP contribution in [-0.2, 0) is 18.4 Å². The molecule has 0 fully saturated rings. The van der Waals surface area contributed by atoms with Crippen molar-refractivity contribution in [2.75, 3.05) is 7.11 Å². The molecular weight excluding hydrogens is 372 g/mol. The van der Waals surface area contributed by atoms with Crippen LogP contribution in [0.1, 0.15) is 60.8 Å². The molecule has 0 aromatic heterocycles. The van der Waals surface area contributed by atoms with Crippen molar-refractivity contribution >= 4 is 22.6 Å². The van der Waals surface area contributed by atoms with Gasteiger partial charge in [-0.25, -0.2) is 0 Å². The first kappa shape index (κ1) is 26.4. The Balaban J connectivity index is 5.52. The van der Waals surface area contributed by atoms with E-state index in [1.807, 2.05) is 0 Å². The van der Waals surface area contributed by atoms with E-state index in [1.54, 1.807) is 0 Å². The van der Waals surface area contributed by atoms with Crippen LogP contribution in [0.2, 0.25) is 36.3 Å². The second-order valence-electron chi connectivity index (χ2n) is 10.4. The van der Waals surface area contributed by atoms with Gasteiger partial charge < -0.3 is 13.6 Å².